The summed E-state index contributed by atoms with van der Waals surface area (Å²) in [5, 5.41) is 6.77. The van der Waals surface area contributed by atoms with Crippen LogP contribution in [-0.4, -0.2) is 73.5 Å². The lowest BCUT2D eigenvalue weighted by Crippen LogP contribution is -2.45. The third-order valence-electron chi connectivity index (χ3n) is 4.28. The molecule has 0 aromatic rings. The van der Waals surface area contributed by atoms with E-state index in [0.29, 0.717) is 12.1 Å². The molecule has 0 spiro atoms. The Kier molecular flexibility index (Phi) is 8.37. The maximum Gasteiger partial charge on any atom is 0.225 e. The molecule has 1 heterocycles. The highest BCUT2D eigenvalue weighted by Gasteiger charge is 2.27. The molecule has 1 rings (SSSR count). The molecule has 0 radical (unpaired) electrons. The molecule has 0 bridgehead atoms. The van der Waals surface area contributed by atoms with Crippen molar-refractivity contribution in [1.29, 1.82) is 0 Å². The van der Waals surface area contributed by atoms with Crippen LogP contribution >= 0.6 is 0 Å². The number of hydrogen-bond acceptors (Lipinski definition) is 3. The second-order valence-corrected chi connectivity index (χ2v) is 6.90. The van der Waals surface area contributed by atoms with Crippen LogP contribution in [0.25, 0.3) is 0 Å². The van der Waals surface area contributed by atoms with E-state index in [0.717, 1.165) is 45.1 Å². The second-order valence-electron chi connectivity index (χ2n) is 6.90. The van der Waals surface area contributed by atoms with Gasteiger partial charge in [-0.3, -0.25) is 9.79 Å². The molecule has 1 aliphatic rings. The summed E-state index contributed by atoms with van der Waals surface area (Å²) >= 11 is 0. The van der Waals surface area contributed by atoms with Crippen molar-refractivity contribution in [3.05, 3.63) is 0 Å². The molecule has 1 aliphatic heterocycles. The van der Waals surface area contributed by atoms with Gasteiger partial charge in [0.05, 0.1) is 6.54 Å². The number of rotatable bonds is 7. The molecule has 2 N–H and O–H groups in total. The van der Waals surface area contributed by atoms with E-state index in [4.69, 9.17) is 0 Å². The molecule has 1 amide bonds. The van der Waals surface area contributed by atoms with Crippen molar-refractivity contribution in [2.24, 2.45) is 10.9 Å². The van der Waals surface area contributed by atoms with E-state index >= 15 is 0 Å². The van der Waals surface area contributed by atoms with Gasteiger partial charge in [0, 0.05) is 44.2 Å². The Morgan fingerprint density at radius 1 is 1.35 bits per heavy atom. The van der Waals surface area contributed by atoms with Gasteiger partial charge in [-0.15, -0.1) is 0 Å². The van der Waals surface area contributed by atoms with E-state index < -0.39 is 0 Å². The van der Waals surface area contributed by atoms with E-state index in [9.17, 15) is 4.79 Å². The maximum absolute atomic E-state index is 12.1. The first-order valence-electron chi connectivity index (χ1n) is 8.89. The number of nitrogens with one attached hydrogen (secondary N) is 2. The molecule has 0 aromatic heterocycles. The molecule has 6 nitrogen and oxygen atoms in total. The molecule has 134 valence electrons. The molecule has 0 aliphatic carbocycles. The topological polar surface area (TPSA) is 60.0 Å². The Balaban J connectivity index is 2.48. The van der Waals surface area contributed by atoms with E-state index in [1.165, 1.54) is 0 Å². The SMILES string of the molecule is CCNC(=NCCN(C)C(C)C)NC1CCN(C(=O)C(C)C)C1. The van der Waals surface area contributed by atoms with Crippen LogP contribution in [0.2, 0.25) is 0 Å². The molecule has 0 saturated carbocycles. The van der Waals surface area contributed by atoms with E-state index in [-0.39, 0.29) is 11.8 Å². The number of carbonyl (C=O) groups is 1. The highest BCUT2D eigenvalue weighted by atomic mass is 16.2. The summed E-state index contributed by atoms with van der Waals surface area (Å²) in [4.78, 5) is 21.0. The monoisotopic (exact) mass is 325 g/mol. The first-order valence-corrected chi connectivity index (χ1v) is 8.89. The van der Waals surface area contributed by atoms with Gasteiger partial charge >= 0.3 is 0 Å². The molecular formula is C17H35N5O. The average molecular weight is 326 g/mol. The lowest BCUT2D eigenvalue weighted by atomic mass is 10.2. The third-order valence-corrected chi connectivity index (χ3v) is 4.28. The van der Waals surface area contributed by atoms with Gasteiger partial charge < -0.3 is 20.4 Å². The zero-order chi connectivity index (χ0) is 17.4. The van der Waals surface area contributed by atoms with Crippen LogP contribution in [0.5, 0.6) is 0 Å². The van der Waals surface area contributed by atoms with Crippen LogP contribution in [0.4, 0.5) is 0 Å². The number of aliphatic imine (C=N–C) groups is 1. The molecule has 1 saturated heterocycles. The summed E-state index contributed by atoms with van der Waals surface area (Å²) < 4.78 is 0. The van der Waals surface area contributed by atoms with Crippen LogP contribution < -0.4 is 10.6 Å². The summed E-state index contributed by atoms with van der Waals surface area (Å²) in [6.45, 7) is 14.5. The highest BCUT2D eigenvalue weighted by Crippen LogP contribution is 2.12. The molecule has 23 heavy (non-hydrogen) atoms. The summed E-state index contributed by atoms with van der Waals surface area (Å²) in [5.41, 5.74) is 0. The van der Waals surface area contributed by atoms with Gasteiger partial charge in [0.2, 0.25) is 5.91 Å². The molecule has 1 fully saturated rings. The first kappa shape index (κ1) is 19.7. The van der Waals surface area contributed by atoms with Gasteiger partial charge in [0.1, 0.15) is 0 Å². The second kappa shape index (κ2) is 9.75. The Labute approximate surface area is 141 Å². The van der Waals surface area contributed by atoms with Crippen LogP contribution in [0.15, 0.2) is 4.99 Å². The predicted molar refractivity (Wildman–Crippen MR) is 96.7 cm³/mol. The van der Waals surface area contributed by atoms with Gasteiger partial charge in [-0.2, -0.15) is 0 Å². The van der Waals surface area contributed by atoms with Crippen LogP contribution in [0.3, 0.4) is 0 Å². The minimum Gasteiger partial charge on any atom is -0.357 e. The van der Waals surface area contributed by atoms with Gasteiger partial charge in [-0.05, 0) is 34.2 Å². The fourth-order valence-corrected chi connectivity index (χ4v) is 2.53. The van der Waals surface area contributed by atoms with Crippen molar-refractivity contribution in [3.63, 3.8) is 0 Å². The number of nitrogens with zero attached hydrogens (tertiary/aromatic N) is 3. The number of hydrogen-bond donors (Lipinski definition) is 2. The lowest BCUT2D eigenvalue weighted by Gasteiger charge is -2.21. The number of carbonyl (C=O) groups excluding carboxylic acids is 1. The largest absolute Gasteiger partial charge is 0.357 e. The predicted octanol–water partition coefficient (Wildman–Crippen LogP) is 1.14. The third kappa shape index (κ3) is 6.77. The van der Waals surface area contributed by atoms with Crippen molar-refractivity contribution in [2.45, 2.75) is 53.1 Å². The molecular weight excluding hydrogens is 290 g/mol. The number of guanidine groups is 1. The van der Waals surface area contributed by atoms with E-state index in [1.54, 1.807) is 0 Å². The molecule has 6 heteroatoms. The fraction of sp³-hybridized carbons (Fsp3) is 0.882. The number of likely N-dealkylation sites (N-methyl/N-ethyl adjacent to an activating group) is 1. The first-order chi connectivity index (χ1) is 10.8. The molecule has 0 aromatic carbocycles. The minimum atomic E-state index is 0.0715. The van der Waals surface area contributed by atoms with Gasteiger partial charge in [0.15, 0.2) is 5.96 Å². The number of amides is 1. The Morgan fingerprint density at radius 2 is 2.04 bits per heavy atom. The highest BCUT2D eigenvalue weighted by molar-refractivity contribution is 5.81. The lowest BCUT2D eigenvalue weighted by molar-refractivity contribution is -0.133. The zero-order valence-corrected chi connectivity index (χ0v) is 15.7. The van der Waals surface area contributed by atoms with Crippen LogP contribution in [0.1, 0.15) is 41.0 Å². The Morgan fingerprint density at radius 3 is 2.61 bits per heavy atom. The summed E-state index contributed by atoms with van der Waals surface area (Å²) in [5.74, 6) is 1.17. The molecule has 1 atom stereocenters. The quantitative estimate of drug-likeness (QED) is 0.544. The van der Waals surface area contributed by atoms with Crippen molar-refractivity contribution in [3.8, 4) is 0 Å². The standard InChI is InChI=1S/C17H35N5O/c1-7-18-17(19-9-11-21(6)14(4)5)20-15-8-10-22(12-15)16(23)13(2)3/h13-15H,7-12H2,1-6H3,(H2,18,19,20). The summed E-state index contributed by atoms with van der Waals surface area (Å²) in [7, 11) is 2.12. The zero-order valence-electron chi connectivity index (χ0n) is 15.7. The van der Waals surface area contributed by atoms with Crippen molar-refractivity contribution in [2.75, 3.05) is 39.8 Å². The van der Waals surface area contributed by atoms with Gasteiger partial charge in [-0.25, -0.2) is 0 Å². The summed E-state index contributed by atoms with van der Waals surface area (Å²) in [6.07, 6.45) is 0.981. The van der Waals surface area contributed by atoms with Crippen LogP contribution in [-0.2, 0) is 4.79 Å². The smallest absolute Gasteiger partial charge is 0.225 e. The van der Waals surface area contributed by atoms with E-state index in [2.05, 4.69) is 48.3 Å². The van der Waals surface area contributed by atoms with Crippen molar-refractivity contribution >= 4 is 11.9 Å². The Hall–Kier alpha value is -1.30. The Bertz CT molecular complexity index is 394. The maximum atomic E-state index is 12.1. The van der Waals surface area contributed by atoms with Gasteiger partial charge in [0.25, 0.3) is 0 Å². The summed E-state index contributed by atoms with van der Waals surface area (Å²) in [6, 6.07) is 0.824. The van der Waals surface area contributed by atoms with Crippen molar-refractivity contribution < 1.29 is 4.79 Å². The normalized spacial score (nSPS) is 19.1. The number of likely N-dealkylation sites (tertiary alicyclic amines) is 1. The van der Waals surface area contributed by atoms with Crippen LogP contribution in [0, 0.1) is 5.92 Å². The average Bonchev–Trinajstić information content (AvgIpc) is 2.94. The van der Waals surface area contributed by atoms with Crippen molar-refractivity contribution in [1.82, 2.24) is 20.4 Å². The fourth-order valence-electron chi connectivity index (χ4n) is 2.53. The van der Waals surface area contributed by atoms with E-state index in [1.807, 2.05) is 18.7 Å². The molecule has 1 unspecified atom stereocenters. The van der Waals surface area contributed by atoms with Gasteiger partial charge in [-0.1, -0.05) is 13.8 Å². The minimum absolute atomic E-state index is 0.0715.